The first-order valence-electron chi connectivity index (χ1n) is 38.7. The highest BCUT2D eigenvalue weighted by molar-refractivity contribution is 6.19. The Bertz CT molecular complexity index is 4130. The number of rotatable bonds is 51. The summed E-state index contributed by atoms with van der Waals surface area (Å²) >= 11 is 6.54. The van der Waals surface area contributed by atoms with E-state index in [0.29, 0.717) is 131 Å². The number of hydrogen-bond acceptors (Lipinski definition) is 17. The van der Waals surface area contributed by atoms with Gasteiger partial charge in [-0.05, 0) is 140 Å². The van der Waals surface area contributed by atoms with Gasteiger partial charge in [-0.25, -0.2) is 9.59 Å². The maximum atomic E-state index is 14.6. The van der Waals surface area contributed by atoms with E-state index in [1.807, 2.05) is 62.4 Å². The van der Waals surface area contributed by atoms with Crippen LogP contribution in [0.2, 0.25) is 0 Å². The van der Waals surface area contributed by atoms with E-state index in [1.165, 1.54) is 11.0 Å². The van der Waals surface area contributed by atoms with Crippen LogP contribution in [-0.4, -0.2) is 190 Å². The van der Waals surface area contributed by atoms with Crippen molar-refractivity contribution in [3.63, 3.8) is 0 Å². The van der Waals surface area contributed by atoms with Crippen molar-refractivity contribution in [1.82, 2.24) is 15.5 Å². The molecule has 606 valence electrons. The highest BCUT2D eigenvalue weighted by Crippen LogP contribution is 2.45. The molecular weight excluding hydrogens is 1460 g/mol. The van der Waals surface area contributed by atoms with Gasteiger partial charge in [-0.1, -0.05) is 134 Å². The van der Waals surface area contributed by atoms with E-state index in [9.17, 15) is 38.4 Å². The van der Waals surface area contributed by atoms with Gasteiger partial charge in [0.15, 0.2) is 11.6 Å². The Morgan fingerprint density at radius 2 is 1.16 bits per heavy atom. The lowest BCUT2D eigenvalue weighted by atomic mass is 9.86. The number of fused-ring (bicyclic) bond motifs is 3. The van der Waals surface area contributed by atoms with E-state index in [1.54, 1.807) is 93.6 Å². The summed E-state index contributed by atoms with van der Waals surface area (Å²) in [5, 5.41) is 12.8. The Balaban J connectivity index is 0.863. The highest BCUT2D eigenvalue weighted by atomic mass is 35.5. The maximum Gasteiger partial charge on any atom is 0.411 e. The van der Waals surface area contributed by atoms with Gasteiger partial charge in [0, 0.05) is 98.0 Å². The van der Waals surface area contributed by atoms with Crippen LogP contribution in [0.15, 0.2) is 158 Å². The number of hydrogen-bond donors (Lipinski definition) is 5. The fraction of sp³-hybridized carbons (Fsp3) is 0.432. The standard InChI is InChI=1S/C88H110ClN7O17/c1-61(2)83(79(97)56-71(10-9-40-91-87(90)103)85(101)92-73-34-23-67(24-35-73)60-113-88(104)93-77-57-78-82(76-12-8-7-11-75(76)77)72(58-89)59-96(78)81(99)38-27-66-25-36-74(106-6)37-26-66)94-80(98)39-41-95(42-43-107-46-47-109-50-51-111-54-55-112-53-52-110-49-48-108-45-44-105-5)86(102)70-32-30-69(31-33-70)84(100)68(28-21-64-17-13-62(3)14-18-64)29-22-65-19-15-63(4)16-20-65/h7-8,11-20,23-27,30-38,57,61,68,71-72,83H,9-10,21-22,28-29,39-56,58-60H2,1-6H3,(H,92,101)(H,93,104)(H,94,98)(H3,90,91,103)/b38-27+/t71-,72?,83+/m1/s1. The monoisotopic (exact) mass is 1570 g/mol. The molecule has 8 rings (SSSR count). The van der Waals surface area contributed by atoms with Gasteiger partial charge >= 0.3 is 12.1 Å². The maximum absolute atomic E-state index is 14.6. The molecule has 25 heteroatoms. The molecule has 0 saturated heterocycles. The summed E-state index contributed by atoms with van der Waals surface area (Å²) in [5.74, 6) is -2.87. The van der Waals surface area contributed by atoms with Crippen molar-refractivity contribution in [1.29, 1.82) is 0 Å². The number of alkyl halides is 1. The first-order valence-corrected chi connectivity index (χ1v) is 39.3. The van der Waals surface area contributed by atoms with Gasteiger partial charge in [0.1, 0.15) is 12.4 Å². The van der Waals surface area contributed by atoms with Crippen LogP contribution in [0.3, 0.4) is 0 Å². The largest absolute Gasteiger partial charge is 0.497 e. The number of halogens is 1. The molecular formula is C88H110ClN7O17. The number of ketones is 2. The van der Waals surface area contributed by atoms with Crippen molar-refractivity contribution in [3.05, 3.63) is 208 Å². The number of nitrogens with zero attached hydrogens (tertiary/aromatic N) is 2. The van der Waals surface area contributed by atoms with Gasteiger partial charge in [-0.15, -0.1) is 11.6 Å². The number of benzene rings is 7. The number of primary amides is 1. The summed E-state index contributed by atoms with van der Waals surface area (Å²) in [7, 11) is 3.21. The molecule has 7 amide bonds. The molecule has 0 spiro atoms. The molecule has 24 nitrogen and oxygen atoms in total. The molecule has 1 unspecified atom stereocenters. The first kappa shape index (κ1) is 88.7. The Hall–Kier alpha value is -9.89. The van der Waals surface area contributed by atoms with Gasteiger partial charge in [0.25, 0.3) is 11.8 Å². The molecule has 0 saturated carbocycles. The third-order valence-electron chi connectivity index (χ3n) is 19.4. The van der Waals surface area contributed by atoms with E-state index in [-0.39, 0.29) is 94.7 Å². The number of ether oxygens (including phenoxy) is 9. The number of urea groups is 1. The lowest BCUT2D eigenvalue weighted by molar-refractivity contribution is -0.131. The van der Waals surface area contributed by atoms with E-state index in [4.69, 9.17) is 60.0 Å². The molecule has 7 aromatic rings. The predicted octanol–water partition coefficient (Wildman–Crippen LogP) is 13.0. The zero-order chi connectivity index (χ0) is 80.7. The highest BCUT2D eigenvalue weighted by Gasteiger charge is 2.35. The van der Waals surface area contributed by atoms with E-state index < -0.39 is 53.5 Å². The lowest BCUT2D eigenvalue weighted by Crippen LogP contribution is -2.46. The molecule has 1 aliphatic heterocycles. The van der Waals surface area contributed by atoms with Crippen molar-refractivity contribution < 1.29 is 81.0 Å². The normalized spacial score (nSPS) is 13.1. The van der Waals surface area contributed by atoms with Crippen LogP contribution in [0.4, 0.5) is 26.7 Å². The molecule has 0 aromatic heterocycles. The second-order valence-corrected chi connectivity index (χ2v) is 28.5. The van der Waals surface area contributed by atoms with E-state index >= 15 is 0 Å². The average molecular weight is 1570 g/mol. The molecule has 0 aliphatic carbocycles. The summed E-state index contributed by atoms with van der Waals surface area (Å²) in [4.78, 5) is 114. The summed E-state index contributed by atoms with van der Waals surface area (Å²) in [5.41, 5.74) is 14.5. The second-order valence-electron chi connectivity index (χ2n) is 28.2. The lowest BCUT2D eigenvalue weighted by Gasteiger charge is -2.26. The summed E-state index contributed by atoms with van der Waals surface area (Å²) in [6, 6.07) is 44.9. The fourth-order valence-electron chi connectivity index (χ4n) is 13.1. The minimum Gasteiger partial charge on any atom is -0.497 e. The summed E-state index contributed by atoms with van der Waals surface area (Å²) in [6.45, 7) is 12.9. The van der Waals surface area contributed by atoms with Gasteiger partial charge in [0.2, 0.25) is 11.8 Å². The van der Waals surface area contributed by atoms with E-state index in [0.717, 1.165) is 57.0 Å². The SMILES string of the molecule is COCCOCCOCCOCCOCCOCCOCCN(CCC(=O)N[C@H](C(=O)C[C@@H](CCCNC(N)=O)C(=O)Nc1ccc(COC(=O)Nc2cc3c(c4ccccc24)C(CCl)CN3C(=O)/C=C/c2ccc(OC)cc2)cc1)C(C)C)C(=O)c1ccc(C(=O)C(CCc2ccc(C)cc2)CCc2ccc(C)cc2)cc1. The van der Waals surface area contributed by atoms with Crippen molar-refractivity contribution in [2.24, 2.45) is 23.5 Å². The van der Waals surface area contributed by atoms with Crippen LogP contribution >= 0.6 is 11.6 Å². The number of nitrogens with one attached hydrogen (secondary N) is 4. The number of carbonyl (C=O) groups excluding carboxylic acids is 8. The van der Waals surface area contributed by atoms with Crippen LogP contribution in [0, 0.1) is 31.6 Å². The zero-order valence-electron chi connectivity index (χ0n) is 65.9. The van der Waals surface area contributed by atoms with Crippen molar-refractivity contribution in [3.8, 4) is 5.75 Å². The minimum atomic E-state index is -1.03. The molecule has 113 heavy (non-hydrogen) atoms. The Kier molecular flexibility index (Phi) is 37.9. The Morgan fingerprint density at radius 3 is 1.71 bits per heavy atom. The average Bonchev–Trinajstić information content (AvgIpc) is 1.62. The minimum absolute atomic E-state index is 0.00755. The van der Waals surface area contributed by atoms with Crippen molar-refractivity contribution in [2.75, 3.05) is 148 Å². The number of amides is 7. The molecule has 3 atom stereocenters. The van der Waals surface area contributed by atoms with Gasteiger partial charge in [-0.2, -0.15) is 0 Å². The second kappa shape index (κ2) is 48.2. The number of carbonyl (C=O) groups is 8. The number of methoxy groups -OCH3 is 2. The summed E-state index contributed by atoms with van der Waals surface area (Å²) in [6.07, 6.45) is 5.23. The van der Waals surface area contributed by atoms with Crippen molar-refractivity contribution in [2.45, 2.75) is 97.6 Å². The topological polar surface area (TPSA) is 300 Å². The molecule has 0 bridgehead atoms. The molecule has 1 aliphatic rings. The molecule has 0 radical (unpaired) electrons. The zero-order valence-corrected chi connectivity index (χ0v) is 66.6. The van der Waals surface area contributed by atoms with Crippen LogP contribution < -0.4 is 36.6 Å². The number of aryl methyl sites for hydroxylation is 4. The molecule has 7 aromatic carbocycles. The molecule has 0 fully saturated rings. The molecule has 1 heterocycles. The van der Waals surface area contributed by atoms with Gasteiger partial charge < -0.3 is 74.1 Å². The van der Waals surface area contributed by atoms with Crippen LogP contribution in [0.1, 0.15) is 118 Å². The number of anilines is 3. The quantitative estimate of drug-likeness (QED) is 0.0102. The van der Waals surface area contributed by atoms with Crippen LogP contribution in [-0.2, 0) is 76.5 Å². The summed E-state index contributed by atoms with van der Waals surface area (Å²) < 4.78 is 49.7. The third-order valence-corrected chi connectivity index (χ3v) is 19.8. The Morgan fingerprint density at radius 1 is 0.611 bits per heavy atom. The van der Waals surface area contributed by atoms with Crippen molar-refractivity contribution >= 4 is 92.8 Å². The fourth-order valence-corrected chi connectivity index (χ4v) is 13.3. The smallest absolute Gasteiger partial charge is 0.411 e. The van der Waals surface area contributed by atoms with Crippen LogP contribution in [0.5, 0.6) is 5.75 Å². The first-order chi connectivity index (χ1) is 54.8. The predicted molar refractivity (Wildman–Crippen MR) is 438 cm³/mol. The van der Waals surface area contributed by atoms with Gasteiger partial charge in [0.05, 0.1) is 110 Å². The Labute approximate surface area is 668 Å². The van der Waals surface area contributed by atoms with Gasteiger partial charge in [-0.3, -0.25) is 34.1 Å². The van der Waals surface area contributed by atoms with Crippen LogP contribution in [0.25, 0.3) is 16.8 Å². The number of nitrogens with two attached hydrogens (primary N) is 1. The molecule has 6 N–H and O–H groups in total. The number of Topliss-reactive ketones (excluding diaryl/α,β-unsaturated/α-hetero) is 2. The van der Waals surface area contributed by atoms with E-state index in [2.05, 4.69) is 69.8 Å². The third kappa shape index (κ3) is 29.9.